The minimum absolute atomic E-state index is 0.0865. The largest absolute Gasteiger partial charge is 0.313 e. The van der Waals surface area contributed by atoms with E-state index in [0.717, 1.165) is 12.8 Å². The number of nitrogens with zero attached hydrogens (tertiary/aromatic N) is 1. The average Bonchev–Trinajstić information content (AvgIpc) is 1.98. The Labute approximate surface area is 86.1 Å². The zero-order valence-corrected chi connectivity index (χ0v) is 9.79. The summed E-state index contributed by atoms with van der Waals surface area (Å²) in [4.78, 5) is 11.4. The van der Waals surface area contributed by atoms with Crippen molar-refractivity contribution < 1.29 is 10.0 Å². The molecule has 1 aliphatic rings. The normalized spacial score (nSPS) is 27.6. The molecule has 3 nitrogen and oxygen atoms in total. The molecule has 14 heavy (non-hydrogen) atoms. The number of ketones is 1. The molecule has 1 rings (SSSR count). The van der Waals surface area contributed by atoms with E-state index in [0.29, 0.717) is 0 Å². The first-order valence-electron chi connectivity index (χ1n) is 5.16. The van der Waals surface area contributed by atoms with Crippen molar-refractivity contribution in [1.82, 2.24) is 5.06 Å². The molecule has 82 valence electrons. The molecule has 0 aromatic rings. The molecule has 1 saturated heterocycles. The van der Waals surface area contributed by atoms with Crippen LogP contribution in [-0.4, -0.2) is 27.1 Å². The summed E-state index contributed by atoms with van der Waals surface area (Å²) >= 11 is 0. The van der Waals surface area contributed by atoms with Gasteiger partial charge in [-0.3, -0.25) is 4.79 Å². The van der Waals surface area contributed by atoms with Gasteiger partial charge >= 0.3 is 0 Å². The number of hydroxylamine groups is 2. The fourth-order valence-electron chi connectivity index (χ4n) is 2.56. The zero-order chi connectivity index (χ0) is 11.1. The predicted molar refractivity (Wildman–Crippen MR) is 55.2 cm³/mol. The first kappa shape index (κ1) is 11.7. The van der Waals surface area contributed by atoms with Gasteiger partial charge in [0.05, 0.1) is 0 Å². The molecule has 0 radical (unpaired) electrons. The highest BCUT2D eigenvalue weighted by molar-refractivity contribution is 5.78. The van der Waals surface area contributed by atoms with Crippen LogP contribution in [0.5, 0.6) is 0 Å². The van der Waals surface area contributed by atoms with Crippen LogP contribution in [0.4, 0.5) is 0 Å². The van der Waals surface area contributed by atoms with Crippen LogP contribution in [0.3, 0.4) is 0 Å². The molecule has 1 N–H and O–H groups in total. The smallest absolute Gasteiger partial charge is 0.133 e. The lowest BCUT2D eigenvalue weighted by molar-refractivity contribution is -0.249. The van der Waals surface area contributed by atoms with Gasteiger partial charge in [-0.05, 0) is 47.5 Å². The Morgan fingerprint density at radius 2 is 1.57 bits per heavy atom. The molecule has 1 aliphatic heterocycles. The Balaban J connectivity index is 2.91. The van der Waals surface area contributed by atoms with Crippen molar-refractivity contribution in [3.05, 3.63) is 0 Å². The molecule has 0 saturated carbocycles. The maximum atomic E-state index is 11.4. The van der Waals surface area contributed by atoms with Gasteiger partial charge in [-0.15, -0.1) is 0 Å². The van der Waals surface area contributed by atoms with E-state index in [1.165, 1.54) is 5.06 Å². The highest BCUT2D eigenvalue weighted by Gasteiger charge is 2.46. The third-order valence-electron chi connectivity index (χ3n) is 3.21. The van der Waals surface area contributed by atoms with E-state index in [1.807, 2.05) is 27.7 Å². The van der Waals surface area contributed by atoms with Crippen LogP contribution in [0.15, 0.2) is 0 Å². The molecule has 0 amide bonds. The molecular formula is C11H21NO2. The minimum Gasteiger partial charge on any atom is -0.313 e. The van der Waals surface area contributed by atoms with Gasteiger partial charge in [-0.25, -0.2) is 0 Å². The number of Topliss-reactive ketones (excluding diaryl/α,β-unsaturated/α-hetero) is 1. The first-order valence-corrected chi connectivity index (χ1v) is 5.16. The van der Waals surface area contributed by atoms with Crippen molar-refractivity contribution in [1.29, 1.82) is 0 Å². The van der Waals surface area contributed by atoms with Gasteiger partial charge in [0.1, 0.15) is 5.78 Å². The lowest BCUT2D eigenvalue weighted by atomic mass is 9.74. The fraction of sp³-hybridized carbons (Fsp3) is 0.909. The van der Waals surface area contributed by atoms with Crippen LogP contribution in [0.25, 0.3) is 0 Å². The standard InChI is InChI=1S/C11H21NO2/c1-8(13)9-6-10(2,3)12(14)11(4,5)7-9/h9,14H,6-7H2,1-5H3. The number of rotatable bonds is 1. The Morgan fingerprint density at radius 3 is 1.86 bits per heavy atom. The fourth-order valence-corrected chi connectivity index (χ4v) is 2.56. The van der Waals surface area contributed by atoms with Crippen LogP contribution in [0.1, 0.15) is 47.5 Å². The molecule has 0 unspecified atom stereocenters. The third-order valence-corrected chi connectivity index (χ3v) is 3.21. The topological polar surface area (TPSA) is 40.5 Å². The molecule has 0 atom stereocenters. The summed E-state index contributed by atoms with van der Waals surface area (Å²) in [6.45, 7) is 9.55. The van der Waals surface area contributed by atoms with Gasteiger partial charge < -0.3 is 5.21 Å². The summed E-state index contributed by atoms with van der Waals surface area (Å²) in [5.74, 6) is 0.322. The molecule has 0 aromatic heterocycles. The number of carbonyl (C=O) groups excluding carboxylic acids is 1. The average molecular weight is 199 g/mol. The minimum atomic E-state index is -0.307. The maximum Gasteiger partial charge on any atom is 0.133 e. The molecule has 0 aromatic carbocycles. The van der Waals surface area contributed by atoms with Crippen LogP contribution < -0.4 is 0 Å². The predicted octanol–water partition coefficient (Wildman–Crippen LogP) is 2.23. The monoisotopic (exact) mass is 199 g/mol. The van der Waals surface area contributed by atoms with Crippen molar-refractivity contribution in [3.8, 4) is 0 Å². The Hall–Kier alpha value is -0.410. The van der Waals surface area contributed by atoms with Gasteiger partial charge in [0.2, 0.25) is 0 Å². The van der Waals surface area contributed by atoms with E-state index < -0.39 is 0 Å². The summed E-state index contributed by atoms with van der Waals surface area (Å²) in [6, 6.07) is 0. The van der Waals surface area contributed by atoms with E-state index in [1.54, 1.807) is 6.92 Å². The molecule has 0 aliphatic carbocycles. The van der Waals surface area contributed by atoms with Crippen molar-refractivity contribution in [2.24, 2.45) is 5.92 Å². The summed E-state index contributed by atoms with van der Waals surface area (Å²) in [6.07, 6.45) is 1.48. The highest BCUT2D eigenvalue weighted by atomic mass is 16.5. The molecular weight excluding hydrogens is 178 g/mol. The second-order valence-corrected chi connectivity index (χ2v) is 5.65. The second kappa shape index (κ2) is 3.31. The number of hydrogen-bond acceptors (Lipinski definition) is 3. The van der Waals surface area contributed by atoms with Crippen LogP contribution in [-0.2, 0) is 4.79 Å². The van der Waals surface area contributed by atoms with Gasteiger partial charge in [0.15, 0.2) is 0 Å². The molecule has 0 bridgehead atoms. The van der Waals surface area contributed by atoms with E-state index >= 15 is 0 Å². The Kier molecular flexibility index (Phi) is 2.76. The van der Waals surface area contributed by atoms with Crippen LogP contribution >= 0.6 is 0 Å². The van der Waals surface area contributed by atoms with Crippen molar-refractivity contribution in [2.75, 3.05) is 0 Å². The summed E-state index contributed by atoms with van der Waals surface area (Å²) in [5, 5.41) is 11.4. The van der Waals surface area contributed by atoms with E-state index in [9.17, 15) is 10.0 Å². The van der Waals surface area contributed by atoms with Gasteiger partial charge in [-0.1, -0.05) is 0 Å². The van der Waals surface area contributed by atoms with Crippen LogP contribution in [0.2, 0.25) is 0 Å². The molecule has 3 heteroatoms. The molecule has 1 fully saturated rings. The quantitative estimate of drug-likeness (QED) is 0.704. The van der Waals surface area contributed by atoms with E-state index in [-0.39, 0.29) is 22.8 Å². The zero-order valence-electron chi connectivity index (χ0n) is 9.79. The number of carbonyl (C=O) groups is 1. The Morgan fingerprint density at radius 1 is 1.21 bits per heavy atom. The third kappa shape index (κ3) is 1.98. The summed E-state index contributed by atoms with van der Waals surface area (Å²) in [7, 11) is 0. The van der Waals surface area contributed by atoms with Crippen molar-refractivity contribution >= 4 is 5.78 Å². The van der Waals surface area contributed by atoms with Gasteiger partial charge in [0.25, 0.3) is 0 Å². The summed E-state index contributed by atoms with van der Waals surface area (Å²) < 4.78 is 0. The lowest BCUT2D eigenvalue weighted by Crippen LogP contribution is -2.59. The maximum absolute atomic E-state index is 11.4. The number of hydrogen-bond donors (Lipinski definition) is 1. The Bertz CT molecular complexity index is 228. The number of piperidine rings is 1. The highest BCUT2D eigenvalue weighted by Crippen LogP contribution is 2.39. The SMILES string of the molecule is CC(=O)C1CC(C)(C)N(O)C(C)(C)C1. The lowest BCUT2D eigenvalue weighted by Gasteiger charge is -2.51. The van der Waals surface area contributed by atoms with Gasteiger partial charge in [0, 0.05) is 17.0 Å². The molecule has 0 spiro atoms. The summed E-state index contributed by atoms with van der Waals surface area (Å²) in [5.41, 5.74) is -0.615. The van der Waals surface area contributed by atoms with Gasteiger partial charge in [-0.2, -0.15) is 5.06 Å². The molecule has 1 heterocycles. The van der Waals surface area contributed by atoms with Crippen LogP contribution in [0, 0.1) is 5.92 Å². The first-order chi connectivity index (χ1) is 6.17. The second-order valence-electron chi connectivity index (χ2n) is 5.65. The van der Waals surface area contributed by atoms with Crippen molar-refractivity contribution in [2.45, 2.75) is 58.5 Å². The van der Waals surface area contributed by atoms with Crippen molar-refractivity contribution in [3.63, 3.8) is 0 Å². The van der Waals surface area contributed by atoms with E-state index in [2.05, 4.69) is 0 Å². The van der Waals surface area contributed by atoms with E-state index in [4.69, 9.17) is 0 Å².